The summed E-state index contributed by atoms with van der Waals surface area (Å²) in [6, 6.07) is -0.0931. The van der Waals surface area contributed by atoms with Gasteiger partial charge in [0.2, 0.25) is 11.8 Å². The zero-order chi connectivity index (χ0) is 13.3. The van der Waals surface area contributed by atoms with Gasteiger partial charge in [-0.2, -0.15) is 0 Å². The number of carbonyl (C=O) groups excluding carboxylic acids is 2. The van der Waals surface area contributed by atoms with Crippen LogP contribution in [-0.2, 0) is 9.59 Å². The molecular weight excluding hydrogens is 250 g/mol. The minimum absolute atomic E-state index is 0.0592. The van der Waals surface area contributed by atoms with E-state index >= 15 is 0 Å². The molecule has 0 spiro atoms. The third-order valence-corrected chi connectivity index (χ3v) is 4.05. The second kappa shape index (κ2) is 4.68. The Morgan fingerprint density at radius 3 is 2.83 bits per heavy atom. The lowest BCUT2D eigenvalue weighted by Gasteiger charge is -2.32. The first-order valence-corrected chi connectivity index (χ1v) is 6.81. The van der Waals surface area contributed by atoms with Crippen LogP contribution in [-0.4, -0.2) is 33.8 Å². The molecule has 1 fully saturated rings. The fraction of sp³-hybridized carbons (Fsp3) is 0.583. The van der Waals surface area contributed by atoms with Crippen molar-refractivity contribution >= 4 is 23.2 Å². The lowest BCUT2D eigenvalue weighted by atomic mass is 10.0. The second-order valence-corrected chi connectivity index (χ2v) is 5.89. The second-order valence-electron chi connectivity index (χ2n) is 4.97. The molecule has 1 aliphatic heterocycles. The molecule has 2 heterocycles. The number of nitrogens with one attached hydrogen (secondary N) is 1. The summed E-state index contributed by atoms with van der Waals surface area (Å²) in [4.78, 5) is 30.0. The van der Waals surface area contributed by atoms with Crippen molar-refractivity contribution in [1.29, 1.82) is 0 Å². The minimum atomic E-state index is -0.848. The van der Waals surface area contributed by atoms with Crippen molar-refractivity contribution in [2.24, 2.45) is 0 Å². The first kappa shape index (κ1) is 13.0. The lowest BCUT2D eigenvalue weighted by Crippen LogP contribution is -2.53. The van der Waals surface area contributed by atoms with Gasteiger partial charge >= 0.3 is 0 Å². The minimum Gasteiger partial charge on any atom is -0.342 e. The van der Waals surface area contributed by atoms with Crippen LogP contribution < -0.4 is 5.32 Å². The molecule has 1 aliphatic rings. The third-order valence-electron chi connectivity index (χ3n) is 3.10. The maximum Gasteiger partial charge on any atom is 0.248 e. The lowest BCUT2D eigenvalue weighted by molar-refractivity contribution is -0.139. The SMILES string of the molecule is CC(c1nccs1)N1CCC(=O)NC(C)(C)C1=O. The van der Waals surface area contributed by atoms with E-state index in [1.165, 1.54) is 11.3 Å². The van der Waals surface area contributed by atoms with E-state index in [1.807, 2.05) is 12.3 Å². The van der Waals surface area contributed by atoms with E-state index in [1.54, 1.807) is 24.9 Å². The highest BCUT2D eigenvalue weighted by molar-refractivity contribution is 7.09. The Labute approximate surface area is 110 Å². The molecule has 1 atom stereocenters. The van der Waals surface area contributed by atoms with Gasteiger partial charge in [-0.05, 0) is 20.8 Å². The molecule has 18 heavy (non-hydrogen) atoms. The number of hydrogen-bond acceptors (Lipinski definition) is 4. The van der Waals surface area contributed by atoms with Gasteiger partial charge in [-0.1, -0.05) is 0 Å². The fourth-order valence-corrected chi connectivity index (χ4v) is 2.80. The molecule has 6 heteroatoms. The van der Waals surface area contributed by atoms with E-state index in [0.29, 0.717) is 13.0 Å². The smallest absolute Gasteiger partial charge is 0.248 e. The molecule has 0 bridgehead atoms. The van der Waals surface area contributed by atoms with Gasteiger partial charge in [0.25, 0.3) is 0 Å². The monoisotopic (exact) mass is 267 g/mol. The molecule has 1 aromatic rings. The Balaban J connectivity index is 2.26. The van der Waals surface area contributed by atoms with Crippen LogP contribution in [0.3, 0.4) is 0 Å². The standard InChI is InChI=1S/C12H17N3O2S/c1-8(10-13-5-7-18-10)15-6-4-9(16)14-12(2,3)11(15)17/h5,7-8H,4,6H2,1-3H3,(H,14,16). The van der Waals surface area contributed by atoms with Crippen LogP contribution in [0, 0.1) is 0 Å². The quantitative estimate of drug-likeness (QED) is 0.879. The van der Waals surface area contributed by atoms with Crippen molar-refractivity contribution in [3.05, 3.63) is 16.6 Å². The van der Waals surface area contributed by atoms with Crippen LogP contribution >= 0.6 is 11.3 Å². The Morgan fingerprint density at radius 1 is 1.50 bits per heavy atom. The first-order chi connectivity index (χ1) is 8.42. The summed E-state index contributed by atoms with van der Waals surface area (Å²) < 4.78 is 0. The molecule has 0 aromatic carbocycles. The van der Waals surface area contributed by atoms with Gasteiger partial charge in [-0.25, -0.2) is 4.98 Å². The van der Waals surface area contributed by atoms with E-state index in [2.05, 4.69) is 10.3 Å². The normalized spacial score (nSPS) is 21.4. The molecule has 1 unspecified atom stereocenters. The number of nitrogens with zero attached hydrogens (tertiary/aromatic N) is 2. The van der Waals surface area contributed by atoms with Crippen LogP contribution in [0.5, 0.6) is 0 Å². The Morgan fingerprint density at radius 2 is 2.22 bits per heavy atom. The summed E-state index contributed by atoms with van der Waals surface area (Å²) in [6.07, 6.45) is 2.07. The van der Waals surface area contributed by atoms with Gasteiger partial charge in [0, 0.05) is 24.5 Å². The molecule has 2 rings (SSSR count). The molecule has 1 saturated heterocycles. The zero-order valence-electron chi connectivity index (χ0n) is 10.8. The maximum absolute atomic E-state index is 12.4. The number of aromatic nitrogens is 1. The summed E-state index contributed by atoms with van der Waals surface area (Å²) in [5.74, 6) is -0.141. The molecule has 0 saturated carbocycles. The van der Waals surface area contributed by atoms with E-state index in [-0.39, 0.29) is 17.9 Å². The maximum atomic E-state index is 12.4. The predicted octanol–water partition coefficient (Wildman–Crippen LogP) is 1.33. The Kier molecular flexibility index (Phi) is 3.38. The average molecular weight is 267 g/mol. The van der Waals surface area contributed by atoms with Crippen LogP contribution in [0.1, 0.15) is 38.2 Å². The van der Waals surface area contributed by atoms with Crippen molar-refractivity contribution in [3.63, 3.8) is 0 Å². The van der Waals surface area contributed by atoms with Gasteiger partial charge in [-0.3, -0.25) is 9.59 Å². The summed E-state index contributed by atoms with van der Waals surface area (Å²) in [7, 11) is 0. The number of rotatable bonds is 2. The van der Waals surface area contributed by atoms with E-state index in [0.717, 1.165) is 5.01 Å². The van der Waals surface area contributed by atoms with Gasteiger partial charge in [0.1, 0.15) is 10.5 Å². The van der Waals surface area contributed by atoms with Gasteiger partial charge in [0.15, 0.2) is 0 Å². The Hall–Kier alpha value is -1.43. The zero-order valence-corrected chi connectivity index (χ0v) is 11.6. The highest BCUT2D eigenvalue weighted by Gasteiger charge is 2.38. The van der Waals surface area contributed by atoms with Crippen molar-refractivity contribution in [3.8, 4) is 0 Å². The molecule has 1 N–H and O–H groups in total. The summed E-state index contributed by atoms with van der Waals surface area (Å²) in [5.41, 5.74) is -0.848. The summed E-state index contributed by atoms with van der Waals surface area (Å²) >= 11 is 1.52. The molecule has 1 aromatic heterocycles. The third kappa shape index (κ3) is 2.38. The molecular formula is C12H17N3O2S. The van der Waals surface area contributed by atoms with Crippen molar-refractivity contribution in [1.82, 2.24) is 15.2 Å². The van der Waals surface area contributed by atoms with E-state index in [9.17, 15) is 9.59 Å². The largest absolute Gasteiger partial charge is 0.342 e. The van der Waals surface area contributed by atoms with Gasteiger partial charge in [0.05, 0.1) is 6.04 Å². The average Bonchev–Trinajstić information content (AvgIpc) is 2.77. The van der Waals surface area contributed by atoms with Crippen molar-refractivity contribution < 1.29 is 9.59 Å². The van der Waals surface area contributed by atoms with Gasteiger partial charge < -0.3 is 10.2 Å². The summed E-state index contributed by atoms with van der Waals surface area (Å²) in [5, 5.41) is 5.54. The number of carbonyl (C=O) groups is 2. The van der Waals surface area contributed by atoms with Gasteiger partial charge in [-0.15, -0.1) is 11.3 Å². The molecule has 98 valence electrons. The number of thiazole rings is 1. The Bertz CT molecular complexity index is 456. The molecule has 0 aliphatic carbocycles. The topological polar surface area (TPSA) is 62.3 Å². The van der Waals surface area contributed by atoms with Crippen molar-refractivity contribution in [2.45, 2.75) is 38.8 Å². The molecule has 2 amide bonds. The van der Waals surface area contributed by atoms with Crippen molar-refractivity contribution in [2.75, 3.05) is 6.54 Å². The number of hydrogen-bond donors (Lipinski definition) is 1. The predicted molar refractivity (Wildman–Crippen MR) is 69.1 cm³/mol. The highest BCUT2D eigenvalue weighted by Crippen LogP contribution is 2.26. The highest BCUT2D eigenvalue weighted by atomic mass is 32.1. The fourth-order valence-electron chi connectivity index (χ4n) is 2.09. The molecule has 5 nitrogen and oxygen atoms in total. The van der Waals surface area contributed by atoms with E-state index < -0.39 is 5.54 Å². The molecule has 0 radical (unpaired) electrons. The first-order valence-electron chi connectivity index (χ1n) is 5.93. The van der Waals surface area contributed by atoms with Crippen LogP contribution in [0.25, 0.3) is 0 Å². The van der Waals surface area contributed by atoms with E-state index in [4.69, 9.17) is 0 Å². The van der Waals surface area contributed by atoms with Crippen LogP contribution in [0.2, 0.25) is 0 Å². The number of amides is 2. The van der Waals surface area contributed by atoms with Crippen LogP contribution in [0.4, 0.5) is 0 Å². The van der Waals surface area contributed by atoms with Crippen LogP contribution in [0.15, 0.2) is 11.6 Å². The summed E-state index contributed by atoms with van der Waals surface area (Å²) in [6.45, 7) is 5.86.